The lowest BCUT2D eigenvalue weighted by Gasteiger charge is -2.39. The summed E-state index contributed by atoms with van der Waals surface area (Å²) in [6.45, 7) is 4.78. The SMILES string of the molecule is C#CCOCCOCCOCCOCCOc1ccc(NC(=O)C2CN(c3nc(Cl)nc(NC4OCC(COP(O)CPO)O4)c3C=N)C2)cc1. The maximum absolute atomic E-state index is 13.0. The zero-order valence-corrected chi connectivity index (χ0v) is 30.5. The van der Waals surface area contributed by atoms with Gasteiger partial charge in [0, 0.05) is 33.8 Å². The van der Waals surface area contributed by atoms with Gasteiger partial charge in [0.25, 0.3) is 0 Å². The summed E-state index contributed by atoms with van der Waals surface area (Å²) in [6, 6.07) is 7.07. The molecule has 20 heteroatoms. The molecule has 2 aliphatic heterocycles. The van der Waals surface area contributed by atoms with Crippen LogP contribution in [0.15, 0.2) is 24.3 Å². The Hall–Kier alpha value is -2.81. The van der Waals surface area contributed by atoms with Gasteiger partial charge < -0.3 is 68.4 Å². The molecular weight excluding hydrogens is 730 g/mol. The van der Waals surface area contributed by atoms with Crippen LogP contribution in [0.3, 0.4) is 0 Å². The van der Waals surface area contributed by atoms with Gasteiger partial charge in [-0.2, -0.15) is 9.97 Å². The second-order valence-corrected chi connectivity index (χ2v) is 13.7. The summed E-state index contributed by atoms with van der Waals surface area (Å²) in [5.41, 5.74) is 0.979. The van der Waals surface area contributed by atoms with Crippen molar-refractivity contribution in [1.82, 2.24) is 9.97 Å². The number of amides is 1. The molecular formula is C31H43ClN6O11P2. The number of anilines is 3. The molecule has 5 N–H and O–H groups in total. The van der Waals surface area contributed by atoms with Crippen molar-refractivity contribution in [3.05, 3.63) is 35.1 Å². The number of aromatic nitrogens is 2. The van der Waals surface area contributed by atoms with Crippen LogP contribution >= 0.6 is 28.8 Å². The zero-order valence-electron chi connectivity index (χ0n) is 27.8. The summed E-state index contributed by atoms with van der Waals surface area (Å²) in [6.07, 6.45) is 4.83. The quantitative estimate of drug-likeness (QED) is 0.0323. The fourth-order valence-corrected chi connectivity index (χ4v) is 5.97. The minimum absolute atomic E-state index is 0.0561. The Morgan fingerprint density at radius 1 is 1.10 bits per heavy atom. The van der Waals surface area contributed by atoms with Crippen molar-refractivity contribution in [2.24, 2.45) is 5.92 Å². The number of nitrogens with one attached hydrogen (secondary N) is 3. The molecule has 4 atom stereocenters. The lowest BCUT2D eigenvalue weighted by Crippen LogP contribution is -2.53. The summed E-state index contributed by atoms with van der Waals surface area (Å²) < 4.78 is 43.8. The van der Waals surface area contributed by atoms with Gasteiger partial charge in [0.2, 0.25) is 17.6 Å². The molecule has 0 bridgehead atoms. The number of hydrogen-bond acceptors (Lipinski definition) is 16. The number of rotatable bonds is 25. The number of terminal acetylenes is 1. The lowest BCUT2D eigenvalue weighted by atomic mass is 9.98. The van der Waals surface area contributed by atoms with E-state index in [1.807, 2.05) is 4.90 Å². The topological polar surface area (TPSA) is 208 Å². The fraction of sp³-hybridized carbons (Fsp3) is 0.548. The van der Waals surface area contributed by atoms with Crippen molar-refractivity contribution in [2.45, 2.75) is 12.5 Å². The Morgan fingerprint density at radius 3 is 2.41 bits per heavy atom. The van der Waals surface area contributed by atoms with Crippen LogP contribution in [0.5, 0.6) is 5.75 Å². The van der Waals surface area contributed by atoms with E-state index in [2.05, 4.69) is 26.5 Å². The molecule has 0 radical (unpaired) electrons. The molecule has 4 rings (SSSR count). The maximum Gasteiger partial charge on any atom is 0.239 e. The molecule has 1 amide bonds. The fourth-order valence-electron chi connectivity index (χ4n) is 4.62. The third-order valence-corrected chi connectivity index (χ3v) is 9.40. The molecule has 4 unspecified atom stereocenters. The standard InChI is InChI=1S/C31H43ClN6O11P2/c1-2-7-42-8-9-43-10-11-44-12-13-45-14-15-46-24-5-3-23(4-6-24)34-29(39)22-17-38(18-22)28-26(16-33)27(35-30(32)37-28)36-31-47-19-25(49-31)20-48-51(41)21-50-40/h1,3-6,16,22,25,31,33,40-41,50H,7-15,17-21H2,(H,34,39)(H,35,36,37). The third kappa shape index (κ3) is 14.3. The van der Waals surface area contributed by atoms with E-state index < -0.39 is 29.7 Å². The number of benzene rings is 1. The summed E-state index contributed by atoms with van der Waals surface area (Å²) in [5, 5.41) is 13.8. The predicted molar refractivity (Wildman–Crippen MR) is 192 cm³/mol. The Morgan fingerprint density at radius 2 is 1.76 bits per heavy atom. The number of hydrogen-bond donors (Lipinski definition) is 5. The second-order valence-electron chi connectivity index (χ2n) is 10.8. The summed E-state index contributed by atoms with van der Waals surface area (Å²) in [4.78, 5) is 42.0. The number of halogens is 1. The number of carbonyl (C=O) groups is 1. The van der Waals surface area contributed by atoms with Gasteiger partial charge in [0.05, 0.1) is 76.8 Å². The van der Waals surface area contributed by atoms with Crippen LogP contribution in [-0.4, -0.2) is 136 Å². The average molecular weight is 773 g/mol. The first kappa shape index (κ1) is 41.0. The minimum atomic E-state index is -1.73. The molecule has 280 valence electrons. The molecule has 0 spiro atoms. The van der Waals surface area contributed by atoms with Gasteiger partial charge in [-0.15, -0.1) is 6.42 Å². The van der Waals surface area contributed by atoms with E-state index >= 15 is 0 Å². The third-order valence-electron chi connectivity index (χ3n) is 7.13. The molecule has 1 aromatic heterocycles. The molecule has 0 saturated carbocycles. The Balaban J connectivity index is 1.12. The van der Waals surface area contributed by atoms with Crippen LogP contribution in [0.1, 0.15) is 5.56 Å². The van der Waals surface area contributed by atoms with Crippen LogP contribution in [0.4, 0.5) is 17.3 Å². The molecule has 3 heterocycles. The molecule has 0 aliphatic carbocycles. The first-order chi connectivity index (χ1) is 24.9. The normalized spacial score (nSPS) is 18.0. The van der Waals surface area contributed by atoms with Crippen molar-refractivity contribution in [1.29, 1.82) is 5.41 Å². The zero-order chi connectivity index (χ0) is 36.3. The summed E-state index contributed by atoms with van der Waals surface area (Å²) in [5.74, 6) is 3.36. The Bertz CT molecular complexity index is 1410. The van der Waals surface area contributed by atoms with Gasteiger partial charge in [-0.3, -0.25) is 4.79 Å². The average Bonchev–Trinajstić information content (AvgIpc) is 3.54. The molecule has 1 aromatic carbocycles. The molecule has 2 aromatic rings. The van der Waals surface area contributed by atoms with Crippen LogP contribution in [0.25, 0.3) is 0 Å². The van der Waals surface area contributed by atoms with E-state index in [1.54, 1.807) is 24.3 Å². The smallest absolute Gasteiger partial charge is 0.239 e. The highest BCUT2D eigenvalue weighted by atomic mass is 35.5. The summed E-state index contributed by atoms with van der Waals surface area (Å²) in [7, 11) is -2.12. The minimum Gasteiger partial charge on any atom is -0.491 e. The first-order valence-electron chi connectivity index (χ1n) is 16.0. The highest BCUT2D eigenvalue weighted by molar-refractivity contribution is 7.58. The van der Waals surface area contributed by atoms with Gasteiger partial charge in [0.15, 0.2) is 8.38 Å². The molecule has 2 saturated heterocycles. The van der Waals surface area contributed by atoms with E-state index in [-0.39, 0.29) is 48.7 Å². The van der Waals surface area contributed by atoms with Crippen molar-refractivity contribution in [2.75, 3.05) is 107 Å². The van der Waals surface area contributed by atoms with E-state index in [4.69, 9.17) is 66.0 Å². The van der Waals surface area contributed by atoms with E-state index in [0.717, 1.165) is 6.21 Å². The Kier molecular flexibility index (Phi) is 18.5. The largest absolute Gasteiger partial charge is 0.491 e. The monoisotopic (exact) mass is 772 g/mol. The number of ether oxygens (including phenoxy) is 7. The molecule has 2 fully saturated rings. The van der Waals surface area contributed by atoms with Crippen molar-refractivity contribution < 1.29 is 52.3 Å². The van der Waals surface area contributed by atoms with E-state index in [1.165, 1.54) is 0 Å². The predicted octanol–water partition coefficient (Wildman–Crippen LogP) is 2.26. The van der Waals surface area contributed by atoms with Gasteiger partial charge in [-0.05, 0) is 35.9 Å². The van der Waals surface area contributed by atoms with Crippen LogP contribution in [0, 0.1) is 23.7 Å². The molecule has 17 nitrogen and oxygen atoms in total. The number of carbonyl (C=O) groups excluding carboxylic acids is 1. The summed E-state index contributed by atoms with van der Waals surface area (Å²) >= 11 is 6.22. The lowest BCUT2D eigenvalue weighted by molar-refractivity contribution is -0.120. The first-order valence-corrected chi connectivity index (χ1v) is 18.9. The number of nitrogens with zero attached hydrogens (tertiary/aromatic N) is 3. The second kappa shape index (κ2) is 23.0. The molecule has 51 heavy (non-hydrogen) atoms. The van der Waals surface area contributed by atoms with Gasteiger partial charge in [-0.25, -0.2) is 0 Å². The van der Waals surface area contributed by atoms with E-state index in [9.17, 15) is 9.69 Å². The van der Waals surface area contributed by atoms with Crippen molar-refractivity contribution >= 4 is 58.2 Å². The van der Waals surface area contributed by atoms with Crippen molar-refractivity contribution in [3.8, 4) is 18.1 Å². The van der Waals surface area contributed by atoms with E-state index in [0.29, 0.717) is 88.8 Å². The van der Waals surface area contributed by atoms with Gasteiger partial charge >= 0.3 is 0 Å². The molecule has 2 aliphatic rings. The van der Waals surface area contributed by atoms with Gasteiger partial charge in [0.1, 0.15) is 36.7 Å². The maximum atomic E-state index is 13.0. The highest BCUT2D eigenvalue weighted by Crippen LogP contribution is 2.37. The highest BCUT2D eigenvalue weighted by Gasteiger charge is 2.36. The van der Waals surface area contributed by atoms with Crippen LogP contribution in [-0.2, 0) is 37.7 Å². The van der Waals surface area contributed by atoms with Gasteiger partial charge in [-0.1, -0.05) is 5.92 Å². The Labute approximate surface area is 304 Å². The van der Waals surface area contributed by atoms with Crippen molar-refractivity contribution in [3.63, 3.8) is 0 Å². The van der Waals surface area contributed by atoms with Crippen LogP contribution in [0.2, 0.25) is 5.28 Å². The van der Waals surface area contributed by atoms with Crippen LogP contribution < -0.4 is 20.3 Å².